The molecule has 0 saturated carbocycles. The molecule has 6 nitrogen and oxygen atoms in total. The number of halogens is 1. The fourth-order valence-corrected chi connectivity index (χ4v) is 3.36. The Bertz CT molecular complexity index is 669. The van der Waals surface area contributed by atoms with Crippen LogP contribution in [0.3, 0.4) is 0 Å². The molecule has 1 aromatic rings. The lowest BCUT2D eigenvalue weighted by Crippen LogP contribution is -2.53. The number of aryl methyl sites for hydroxylation is 1. The molecule has 0 spiro atoms. The number of imide groups is 1. The van der Waals surface area contributed by atoms with E-state index in [1.54, 1.807) is 17.0 Å². The van der Waals surface area contributed by atoms with Crippen LogP contribution in [0, 0.1) is 5.82 Å². The first kappa shape index (κ1) is 17.5. The van der Waals surface area contributed by atoms with Gasteiger partial charge in [0.25, 0.3) is 0 Å². The average Bonchev–Trinajstić information content (AvgIpc) is 2.88. The molecule has 0 aromatic heterocycles. The minimum atomic E-state index is -0.381. The zero-order chi connectivity index (χ0) is 18.0. The molecular weight excluding hydrogens is 325 g/mol. The van der Waals surface area contributed by atoms with Crippen molar-refractivity contribution in [1.29, 1.82) is 0 Å². The van der Waals surface area contributed by atoms with Gasteiger partial charge in [0, 0.05) is 39.6 Å². The topological polar surface area (TPSA) is 60.9 Å². The highest BCUT2D eigenvalue weighted by atomic mass is 19.1. The van der Waals surface area contributed by atoms with E-state index in [1.807, 2.05) is 4.90 Å². The third-order valence-electron chi connectivity index (χ3n) is 5.01. The minimum absolute atomic E-state index is 0.0647. The van der Waals surface area contributed by atoms with Crippen molar-refractivity contribution in [2.75, 3.05) is 33.2 Å². The zero-order valence-electron chi connectivity index (χ0n) is 14.3. The summed E-state index contributed by atoms with van der Waals surface area (Å²) in [5.41, 5.74) is 0.937. The molecule has 2 saturated heterocycles. The van der Waals surface area contributed by atoms with Gasteiger partial charge in [-0.15, -0.1) is 0 Å². The molecule has 7 heteroatoms. The Hall–Kier alpha value is -2.28. The van der Waals surface area contributed by atoms with Crippen LogP contribution in [0.15, 0.2) is 24.3 Å². The van der Waals surface area contributed by atoms with Crippen molar-refractivity contribution < 1.29 is 18.8 Å². The van der Waals surface area contributed by atoms with Gasteiger partial charge in [0.1, 0.15) is 5.82 Å². The molecule has 2 heterocycles. The number of likely N-dealkylation sites (tertiary alicyclic amines) is 1. The van der Waals surface area contributed by atoms with Gasteiger partial charge in [-0.1, -0.05) is 12.1 Å². The summed E-state index contributed by atoms with van der Waals surface area (Å²) in [6, 6.07) is 5.80. The second-order valence-electron chi connectivity index (χ2n) is 6.55. The summed E-state index contributed by atoms with van der Waals surface area (Å²) in [5, 5.41) is 0. The lowest BCUT2D eigenvalue weighted by Gasteiger charge is -2.37. The van der Waals surface area contributed by atoms with Gasteiger partial charge in [0.05, 0.1) is 12.5 Å². The second-order valence-corrected chi connectivity index (χ2v) is 6.55. The summed E-state index contributed by atoms with van der Waals surface area (Å²) in [4.78, 5) is 41.0. The molecule has 1 aromatic carbocycles. The van der Waals surface area contributed by atoms with Crippen molar-refractivity contribution in [2.45, 2.75) is 25.3 Å². The lowest BCUT2D eigenvalue weighted by atomic mass is 10.1. The van der Waals surface area contributed by atoms with Crippen LogP contribution in [0.4, 0.5) is 4.39 Å². The van der Waals surface area contributed by atoms with E-state index in [0.717, 1.165) is 5.56 Å². The minimum Gasteiger partial charge on any atom is -0.340 e. The SMILES string of the molecule is CN1C(=O)CC(N2CCN(C(=O)CCc3ccc(F)cc3)CC2)C1=O. The molecule has 1 unspecified atom stereocenters. The number of hydrogen-bond acceptors (Lipinski definition) is 4. The fourth-order valence-electron chi connectivity index (χ4n) is 3.36. The third-order valence-corrected chi connectivity index (χ3v) is 5.01. The van der Waals surface area contributed by atoms with Crippen LogP contribution >= 0.6 is 0 Å². The molecule has 0 radical (unpaired) electrons. The van der Waals surface area contributed by atoms with E-state index < -0.39 is 0 Å². The van der Waals surface area contributed by atoms with Gasteiger partial charge in [-0.25, -0.2) is 4.39 Å². The quantitative estimate of drug-likeness (QED) is 0.751. The third kappa shape index (κ3) is 3.87. The number of hydrogen-bond donors (Lipinski definition) is 0. The van der Waals surface area contributed by atoms with Gasteiger partial charge in [-0.05, 0) is 24.1 Å². The Morgan fingerprint density at radius 3 is 2.32 bits per heavy atom. The molecule has 2 aliphatic heterocycles. The maximum Gasteiger partial charge on any atom is 0.246 e. The second kappa shape index (κ2) is 7.31. The van der Waals surface area contributed by atoms with Crippen molar-refractivity contribution in [1.82, 2.24) is 14.7 Å². The van der Waals surface area contributed by atoms with E-state index >= 15 is 0 Å². The van der Waals surface area contributed by atoms with Crippen LogP contribution in [0.2, 0.25) is 0 Å². The number of carbonyl (C=O) groups excluding carboxylic acids is 3. The summed E-state index contributed by atoms with van der Waals surface area (Å²) >= 11 is 0. The van der Waals surface area contributed by atoms with Crippen molar-refractivity contribution in [3.63, 3.8) is 0 Å². The normalized spacial score (nSPS) is 21.9. The van der Waals surface area contributed by atoms with E-state index in [1.165, 1.54) is 24.1 Å². The van der Waals surface area contributed by atoms with E-state index in [0.29, 0.717) is 39.0 Å². The van der Waals surface area contributed by atoms with Crippen molar-refractivity contribution >= 4 is 17.7 Å². The average molecular weight is 347 g/mol. The molecule has 0 aliphatic carbocycles. The Kier molecular flexibility index (Phi) is 5.13. The number of nitrogens with zero attached hydrogens (tertiary/aromatic N) is 3. The molecule has 0 N–H and O–H groups in total. The predicted octanol–water partition coefficient (Wildman–Crippen LogP) is 0.660. The van der Waals surface area contributed by atoms with Gasteiger partial charge < -0.3 is 4.90 Å². The number of likely N-dealkylation sites (N-methyl/N-ethyl adjacent to an activating group) is 1. The summed E-state index contributed by atoms with van der Waals surface area (Å²) in [5.74, 6) is -0.513. The maximum absolute atomic E-state index is 12.9. The number of amides is 3. The first-order valence-corrected chi connectivity index (χ1v) is 8.52. The van der Waals surface area contributed by atoms with Crippen LogP contribution in [0.5, 0.6) is 0 Å². The van der Waals surface area contributed by atoms with Crippen molar-refractivity contribution in [3.8, 4) is 0 Å². The molecule has 25 heavy (non-hydrogen) atoms. The Morgan fingerprint density at radius 2 is 1.76 bits per heavy atom. The molecule has 134 valence electrons. The van der Waals surface area contributed by atoms with Crippen LogP contribution < -0.4 is 0 Å². The van der Waals surface area contributed by atoms with Crippen LogP contribution in [-0.2, 0) is 20.8 Å². The zero-order valence-corrected chi connectivity index (χ0v) is 14.3. The van der Waals surface area contributed by atoms with Gasteiger partial charge in [-0.3, -0.25) is 24.2 Å². The molecule has 2 aliphatic rings. The molecule has 1 atom stereocenters. The number of rotatable bonds is 4. The van der Waals surface area contributed by atoms with E-state index in [4.69, 9.17) is 0 Å². The lowest BCUT2D eigenvalue weighted by molar-refractivity contribution is -0.138. The largest absolute Gasteiger partial charge is 0.340 e. The number of piperazine rings is 1. The fraction of sp³-hybridized carbons (Fsp3) is 0.500. The van der Waals surface area contributed by atoms with E-state index in [2.05, 4.69) is 0 Å². The monoisotopic (exact) mass is 347 g/mol. The molecule has 2 fully saturated rings. The Labute approximate surface area is 146 Å². The summed E-state index contributed by atoms with van der Waals surface area (Å²) in [6.07, 6.45) is 1.20. The highest BCUT2D eigenvalue weighted by molar-refractivity contribution is 6.05. The first-order valence-electron chi connectivity index (χ1n) is 8.52. The number of carbonyl (C=O) groups is 3. The Morgan fingerprint density at radius 1 is 1.12 bits per heavy atom. The highest BCUT2D eigenvalue weighted by Gasteiger charge is 2.40. The van der Waals surface area contributed by atoms with Gasteiger partial charge in [0.15, 0.2) is 0 Å². The maximum atomic E-state index is 12.9. The molecular formula is C18H22FN3O3. The predicted molar refractivity (Wildman–Crippen MR) is 89.1 cm³/mol. The molecule has 0 bridgehead atoms. The van der Waals surface area contributed by atoms with Crippen LogP contribution in [0.1, 0.15) is 18.4 Å². The number of benzene rings is 1. The van der Waals surface area contributed by atoms with Crippen LogP contribution in [-0.4, -0.2) is 71.7 Å². The van der Waals surface area contributed by atoms with Gasteiger partial charge in [0.2, 0.25) is 17.7 Å². The Balaban J connectivity index is 1.47. The van der Waals surface area contributed by atoms with Crippen molar-refractivity contribution in [3.05, 3.63) is 35.6 Å². The highest BCUT2D eigenvalue weighted by Crippen LogP contribution is 2.19. The van der Waals surface area contributed by atoms with E-state index in [9.17, 15) is 18.8 Å². The van der Waals surface area contributed by atoms with Gasteiger partial charge >= 0.3 is 0 Å². The van der Waals surface area contributed by atoms with Crippen LogP contribution in [0.25, 0.3) is 0 Å². The van der Waals surface area contributed by atoms with Gasteiger partial charge in [-0.2, -0.15) is 0 Å². The summed E-state index contributed by atoms with van der Waals surface area (Å²) in [6.45, 7) is 2.31. The van der Waals surface area contributed by atoms with Crippen molar-refractivity contribution in [2.24, 2.45) is 0 Å². The smallest absolute Gasteiger partial charge is 0.246 e. The standard InChI is InChI=1S/C18H22FN3O3/c1-20-17(24)12-15(18(20)25)21-8-10-22(11-9-21)16(23)7-4-13-2-5-14(19)6-3-13/h2-3,5-6,15H,4,7-12H2,1H3. The molecule has 3 amide bonds. The molecule has 3 rings (SSSR count). The summed E-state index contributed by atoms with van der Waals surface area (Å²) in [7, 11) is 1.51. The van der Waals surface area contributed by atoms with E-state index in [-0.39, 0.29) is 36.0 Å². The first-order chi connectivity index (χ1) is 12.0. The summed E-state index contributed by atoms with van der Waals surface area (Å²) < 4.78 is 12.9.